The van der Waals surface area contributed by atoms with E-state index in [1.807, 2.05) is 53.7 Å². The molecule has 2 atom stereocenters. The molecule has 3 rings (SSSR count). The first-order valence-electron chi connectivity index (χ1n) is 10.7. The first-order valence-corrected chi connectivity index (χ1v) is 11.8. The van der Waals surface area contributed by atoms with Gasteiger partial charge in [-0.05, 0) is 78.0 Å². The molecule has 6 nitrogen and oxygen atoms in total. The van der Waals surface area contributed by atoms with E-state index in [0.717, 1.165) is 30.6 Å². The number of hydrogen-bond acceptors (Lipinski definition) is 5. The predicted molar refractivity (Wildman–Crippen MR) is 120 cm³/mol. The van der Waals surface area contributed by atoms with Gasteiger partial charge in [0.05, 0.1) is 13.2 Å². The van der Waals surface area contributed by atoms with Gasteiger partial charge in [0.1, 0.15) is 16.1 Å². The second kappa shape index (κ2) is 8.24. The van der Waals surface area contributed by atoms with Gasteiger partial charge in [0.25, 0.3) is 0 Å². The van der Waals surface area contributed by atoms with Gasteiger partial charge in [-0.25, -0.2) is 4.79 Å². The van der Waals surface area contributed by atoms with E-state index in [1.165, 1.54) is 5.56 Å². The van der Waals surface area contributed by atoms with Crippen LogP contribution in [0.2, 0.25) is 0 Å². The van der Waals surface area contributed by atoms with Gasteiger partial charge < -0.3 is 18.9 Å². The number of amides is 1. The molecule has 168 valence electrons. The number of carbonyl (C=O) groups is 1. The maximum absolute atomic E-state index is 13.0. The number of nitrogens with one attached hydrogen (secondary N) is 1. The topological polar surface area (TPSA) is 73.9 Å². The van der Waals surface area contributed by atoms with Crippen LogP contribution < -0.4 is 9.46 Å². The molecule has 1 aromatic rings. The van der Waals surface area contributed by atoms with Crippen LogP contribution in [0.15, 0.2) is 18.2 Å². The van der Waals surface area contributed by atoms with Crippen molar-refractivity contribution in [1.29, 1.82) is 0 Å². The molecule has 1 N–H and O–H groups in total. The SMILES string of the molecule is COc1cccc2c1CC1(CCN(C(=O)OC(C)(C)C)CC1)[C@@H]2N[S+]([O-])C(C)(C)C. The summed E-state index contributed by atoms with van der Waals surface area (Å²) in [7, 11) is 1.70. The molecule has 30 heavy (non-hydrogen) atoms. The highest BCUT2D eigenvalue weighted by molar-refractivity contribution is 7.90. The van der Waals surface area contributed by atoms with Crippen LogP contribution >= 0.6 is 0 Å². The average molecular weight is 437 g/mol. The average Bonchev–Trinajstić information content (AvgIpc) is 2.93. The summed E-state index contributed by atoms with van der Waals surface area (Å²) in [6.45, 7) is 12.9. The normalized spacial score (nSPS) is 22.0. The first-order chi connectivity index (χ1) is 13.9. The van der Waals surface area contributed by atoms with Gasteiger partial charge in [-0.1, -0.05) is 12.1 Å². The lowest BCUT2D eigenvalue weighted by Crippen LogP contribution is -2.51. The van der Waals surface area contributed by atoms with Gasteiger partial charge in [0.2, 0.25) is 0 Å². The van der Waals surface area contributed by atoms with Crippen molar-refractivity contribution in [2.24, 2.45) is 5.41 Å². The molecule has 0 saturated carbocycles. The number of fused-ring (bicyclic) bond motifs is 1. The van der Waals surface area contributed by atoms with Gasteiger partial charge in [-0.3, -0.25) is 0 Å². The van der Waals surface area contributed by atoms with Crippen molar-refractivity contribution in [3.8, 4) is 5.75 Å². The van der Waals surface area contributed by atoms with Crippen LogP contribution in [0.25, 0.3) is 0 Å². The van der Waals surface area contributed by atoms with Gasteiger partial charge in [0.15, 0.2) is 0 Å². The van der Waals surface area contributed by atoms with Crippen molar-refractivity contribution < 1.29 is 18.8 Å². The Morgan fingerprint density at radius 2 is 1.83 bits per heavy atom. The number of ether oxygens (including phenoxy) is 2. The number of likely N-dealkylation sites (tertiary alicyclic amines) is 1. The van der Waals surface area contributed by atoms with Gasteiger partial charge in [-0.15, -0.1) is 4.72 Å². The van der Waals surface area contributed by atoms with Crippen molar-refractivity contribution >= 4 is 17.5 Å². The molecule has 1 unspecified atom stereocenters. The number of rotatable bonds is 3. The molecule has 7 heteroatoms. The standard InChI is InChI=1S/C23H36N2O4S/c1-21(2,3)29-20(26)25-13-11-23(12-14-25)15-17-16(9-8-10-18(17)28-7)19(23)24-30(27)22(4,5)6/h8-10,19,24H,11-15H2,1-7H3/t19-,30?/m1/s1. The van der Waals surface area contributed by atoms with Gasteiger partial charge in [0, 0.05) is 29.9 Å². The fourth-order valence-electron chi connectivity index (χ4n) is 4.42. The van der Waals surface area contributed by atoms with E-state index >= 15 is 0 Å². The van der Waals surface area contributed by atoms with Crippen molar-refractivity contribution in [3.05, 3.63) is 29.3 Å². The van der Waals surface area contributed by atoms with E-state index in [2.05, 4.69) is 10.8 Å². The second-order valence-electron chi connectivity index (χ2n) is 10.5. The minimum absolute atomic E-state index is 0.0385. The van der Waals surface area contributed by atoms with Crippen LogP contribution in [0, 0.1) is 5.41 Å². The molecule has 1 aliphatic heterocycles. The third-order valence-corrected chi connectivity index (χ3v) is 7.60. The van der Waals surface area contributed by atoms with Crippen LogP contribution in [-0.2, 0) is 22.5 Å². The Morgan fingerprint density at radius 3 is 2.37 bits per heavy atom. The molecule has 1 aliphatic carbocycles. The summed E-state index contributed by atoms with van der Waals surface area (Å²) in [6.07, 6.45) is 2.24. The molecule has 1 heterocycles. The fourth-order valence-corrected chi connectivity index (χ4v) is 5.36. The molecule has 1 spiro atoms. The van der Waals surface area contributed by atoms with Crippen molar-refractivity contribution in [2.75, 3.05) is 20.2 Å². The zero-order valence-corrected chi connectivity index (χ0v) is 20.1. The third kappa shape index (κ3) is 4.73. The highest BCUT2D eigenvalue weighted by atomic mass is 32.2. The number of nitrogens with zero attached hydrogens (tertiary/aromatic N) is 1. The molecule has 0 radical (unpaired) electrons. The Balaban J connectivity index is 1.85. The Hall–Kier alpha value is -1.44. The monoisotopic (exact) mass is 436 g/mol. The Morgan fingerprint density at radius 1 is 1.20 bits per heavy atom. The Kier molecular flexibility index (Phi) is 6.38. The minimum atomic E-state index is -1.20. The summed E-state index contributed by atoms with van der Waals surface area (Å²) >= 11 is -1.20. The van der Waals surface area contributed by atoms with Gasteiger partial charge >= 0.3 is 6.09 Å². The number of carbonyl (C=O) groups excluding carboxylic acids is 1. The van der Waals surface area contributed by atoms with E-state index in [-0.39, 0.29) is 22.3 Å². The highest BCUT2D eigenvalue weighted by Crippen LogP contribution is 2.54. The van der Waals surface area contributed by atoms with Crippen molar-refractivity contribution in [2.45, 2.75) is 77.2 Å². The maximum Gasteiger partial charge on any atom is 0.410 e. The van der Waals surface area contributed by atoms with Crippen LogP contribution in [0.3, 0.4) is 0 Å². The molecule has 1 amide bonds. The quantitative estimate of drug-likeness (QED) is 0.713. The van der Waals surface area contributed by atoms with Crippen LogP contribution in [0.5, 0.6) is 5.75 Å². The van der Waals surface area contributed by atoms with E-state index in [1.54, 1.807) is 12.0 Å². The largest absolute Gasteiger partial charge is 0.598 e. The number of piperidine rings is 1. The van der Waals surface area contributed by atoms with Crippen molar-refractivity contribution in [1.82, 2.24) is 9.62 Å². The fraction of sp³-hybridized carbons (Fsp3) is 0.696. The van der Waals surface area contributed by atoms with E-state index in [9.17, 15) is 9.35 Å². The summed E-state index contributed by atoms with van der Waals surface area (Å²) in [5.41, 5.74) is 1.75. The van der Waals surface area contributed by atoms with Crippen LogP contribution in [0.1, 0.15) is 71.6 Å². The zero-order chi connectivity index (χ0) is 22.3. The summed E-state index contributed by atoms with van der Waals surface area (Å²) in [6, 6.07) is 6.07. The molecule has 1 aromatic carbocycles. The van der Waals surface area contributed by atoms with E-state index in [4.69, 9.17) is 9.47 Å². The maximum atomic E-state index is 13.0. The van der Waals surface area contributed by atoms with E-state index < -0.39 is 17.0 Å². The lowest BCUT2D eigenvalue weighted by Gasteiger charge is -2.43. The molecule has 0 aromatic heterocycles. The van der Waals surface area contributed by atoms with Crippen LogP contribution in [0.4, 0.5) is 4.79 Å². The number of benzene rings is 1. The van der Waals surface area contributed by atoms with E-state index in [0.29, 0.717) is 13.1 Å². The number of hydrogen-bond donors (Lipinski definition) is 1. The predicted octanol–water partition coefficient (Wildman–Crippen LogP) is 4.36. The number of methoxy groups -OCH3 is 1. The Bertz CT molecular complexity index is 776. The molecule has 2 aliphatic rings. The summed E-state index contributed by atoms with van der Waals surface area (Å²) in [5, 5.41) is 0. The zero-order valence-electron chi connectivity index (χ0n) is 19.3. The molecular weight excluding hydrogens is 400 g/mol. The highest BCUT2D eigenvalue weighted by Gasteiger charge is 2.52. The van der Waals surface area contributed by atoms with Crippen LogP contribution in [-0.4, -0.2) is 46.1 Å². The second-order valence-corrected chi connectivity index (χ2v) is 12.5. The lowest BCUT2D eigenvalue weighted by atomic mass is 9.73. The Labute approximate surface area is 184 Å². The molecule has 1 fully saturated rings. The summed E-state index contributed by atoms with van der Waals surface area (Å²) in [4.78, 5) is 14.3. The first kappa shape index (κ1) is 23.2. The smallest absolute Gasteiger partial charge is 0.410 e. The van der Waals surface area contributed by atoms with Gasteiger partial charge in [-0.2, -0.15) is 0 Å². The lowest BCUT2D eigenvalue weighted by molar-refractivity contribution is 0.00712. The minimum Gasteiger partial charge on any atom is -0.598 e. The molecule has 1 saturated heterocycles. The molecular formula is C23H36N2O4S. The summed E-state index contributed by atoms with van der Waals surface area (Å²) in [5.74, 6) is 0.882. The molecule has 0 bridgehead atoms. The van der Waals surface area contributed by atoms with Crippen molar-refractivity contribution in [3.63, 3.8) is 0 Å². The summed E-state index contributed by atoms with van der Waals surface area (Å²) < 4.78 is 27.3. The third-order valence-electron chi connectivity index (χ3n) is 6.03.